The van der Waals surface area contributed by atoms with Crippen LogP contribution in [0.15, 0.2) is 66.7 Å². The molecule has 0 unspecified atom stereocenters. The number of hydrogen-bond acceptors (Lipinski definition) is 3. The quantitative estimate of drug-likeness (QED) is 0.646. The van der Waals surface area contributed by atoms with Crippen LogP contribution < -0.4 is 0 Å². The van der Waals surface area contributed by atoms with Crippen molar-refractivity contribution in [1.82, 2.24) is 4.90 Å². The number of fused-ring (bicyclic) bond motifs is 1. The van der Waals surface area contributed by atoms with Crippen molar-refractivity contribution in [2.75, 3.05) is 0 Å². The Bertz CT molecular complexity index is 851. The predicted molar refractivity (Wildman–Crippen MR) is 88.3 cm³/mol. The SMILES string of the molecule is O=C(c1ccccc1)[C@H]1C[C@H](N2C(=O)C=CC2=O)c2ccccc21. The first-order chi connectivity index (χ1) is 11.7. The molecule has 2 aliphatic rings. The average Bonchev–Trinajstić information content (AvgIpc) is 3.15. The third-order valence-electron chi connectivity index (χ3n) is 4.72. The zero-order chi connectivity index (χ0) is 16.7. The molecule has 0 saturated heterocycles. The van der Waals surface area contributed by atoms with E-state index < -0.39 is 0 Å². The fraction of sp³-hybridized carbons (Fsp3) is 0.150. The van der Waals surface area contributed by atoms with Gasteiger partial charge >= 0.3 is 0 Å². The molecule has 0 radical (unpaired) electrons. The van der Waals surface area contributed by atoms with Gasteiger partial charge in [0.05, 0.1) is 12.0 Å². The van der Waals surface area contributed by atoms with Crippen LogP contribution in [0.2, 0.25) is 0 Å². The van der Waals surface area contributed by atoms with E-state index in [1.165, 1.54) is 17.1 Å². The van der Waals surface area contributed by atoms with Crippen molar-refractivity contribution in [2.45, 2.75) is 18.4 Å². The van der Waals surface area contributed by atoms with Crippen molar-refractivity contribution < 1.29 is 14.4 Å². The highest BCUT2D eigenvalue weighted by Crippen LogP contribution is 2.45. The summed E-state index contributed by atoms with van der Waals surface area (Å²) in [7, 11) is 0. The second-order valence-corrected chi connectivity index (χ2v) is 6.04. The van der Waals surface area contributed by atoms with E-state index in [0.717, 1.165) is 11.1 Å². The van der Waals surface area contributed by atoms with E-state index in [0.29, 0.717) is 12.0 Å². The molecular weight excluding hydrogens is 302 g/mol. The Balaban J connectivity index is 1.73. The monoisotopic (exact) mass is 317 g/mol. The third-order valence-corrected chi connectivity index (χ3v) is 4.72. The number of ketones is 1. The van der Waals surface area contributed by atoms with E-state index in [2.05, 4.69) is 0 Å². The van der Waals surface area contributed by atoms with E-state index in [-0.39, 0.29) is 29.6 Å². The van der Waals surface area contributed by atoms with Crippen molar-refractivity contribution >= 4 is 17.6 Å². The lowest BCUT2D eigenvalue weighted by molar-refractivity contribution is -0.139. The van der Waals surface area contributed by atoms with Gasteiger partial charge in [-0.25, -0.2) is 0 Å². The average molecular weight is 317 g/mol. The van der Waals surface area contributed by atoms with Crippen molar-refractivity contribution in [3.05, 3.63) is 83.4 Å². The number of rotatable bonds is 3. The minimum atomic E-state index is -0.381. The molecule has 0 bridgehead atoms. The van der Waals surface area contributed by atoms with Gasteiger partial charge in [0.1, 0.15) is 0 Å². The first-order valence-electron chi connectivity index (χ1n) is 7.90. The Labute approximate surface area is 139 Å². The number of hydrogen-bond donors (Lipinski definition) is 0. The van der Waals surface area contributed by atoms with Crippen LogP contribution in [0.1, 0.15) is 39.9 Å². The summed E-state index contributed by atoms with van der Waals surface area (Å²) >= 11 is 0. The standard InChI is InChI=1S/C20H15NO3/c22-18-10-11-19(23)21(18)17-12-16(14-8-4-5-9-15(14)17)20(24)13-6-2-1-3-7-13/h1-11,16-17H,12H2/t16-,17-/m0/s1. The van der Waals surface area contributed by atoms with Crippen molar-refractivity contribution in [1.29, 1.82) is 0 Å². The Morgan fingerprint density at radius 1 is 0.833 bits per heavy atom. The molecule has 1 aliphatic heterocycles. The molecule has 2 atom stereocenters. The normalized spacial score (nSPS) is 22.1. The molecule has 4 nitrogen and oxygen atoms in total. The van der Waals surface area contributed by atoms with Gasteiger partial charge in [-0.15, -0.1) is 0 Å². The minimum absolute atomic E-state index is 0.0256. The highest BCUT2D eigenvalue weighted by molar-refractivity contribution is 6.13. The maximum atomic E-state index is 12.9. The summed E-state index contributed by atoms with van der Waals surface area (Å²) in [5.74, 6) is -0.937. The van der Waals surface area contributed by atoms with Crippen LogP contribution in [0.25, 0.3) is 0 Å². The van der Waals surface area contributed by atoms with Gasteiger partial charge in [0, 0.05) is 17.7 Å². The van der Waals surface area contributed by atoms with E-state index in [1.807, 2.05) is 42.5 Å². The van der Waals surface area contributed by atoms with Gasteiger partial charge in [-0.05, 0) is 17.5 Å². The van der Waals surface area contributed by atoms with Gasteiger partial charge in [0.15, 0.2) is 5.78 Å². The van der Waals surface area contributed by atoms with Crippen LogP contribution in [-0.4, -0.2) is 22.5 Å². The first kappa shape index (κ1) is 14.6. The Morgan fingerprint density at radius 3 is 2.08 bits per heavy atom. The molecular formula is C20H15NO3. The van der Waals surface area contributed by atoms with Gasteiger partial charge in [-0.1, -0.05) is 54.6 Å². The van der Waals surface area contributed by atoms with E-state index in [1.54, 1.807) is 12.1 Å². The summed E-state index contributed by atoms with van der Waals surface area (Å²) < 4.78 is 0. The van der Waals surface area contributed by atoms with Gasteiger partial charge in [-0.3, -0.25) is 19.3 Å². The van der Waals surface area contributed by atoms with Crippen LogP contribution >= 0.6 is 0 Å². The molecule has 2 aromatic carbocycles. The molecule has 0 aromatic heterocycles. The molecule has 118 valence electrons. The third kappa shape index (κ3) is 2.19. The van der Waals surface area contributed by atoms with Gasteiger partial charge in [0.2, 0.25) is 0 Å². The number of imide groups is 1. The van der Waals surface area contributed by atoms with Crippen LogP contribution in [0, 0.1) is 0 Å². The molecule has 4 heteroatoms. The summed E-state index contributed by atoms with van der Waals surface area (Å²) in [4.78, 5) is 38.3. The van der Waals surface area contributed by atoms with E-state index in [9.17, 15) is 14.4 Å². The van der Waals surface area contributed by atoms with Crippen molar-refractivity contribution in [3.8, 4) is 0 Å². The maximum Gasteiger partial charge on any atom is 0.254 e. The largest absolute Gasteiger partial charge is 0.293 e. The Kier molecular flexibility index (Phi) is 3.38. The Morgan fingerprint density at radius 2 is 1.42 bits per heavy atom. The lowest BCUT2D eigenvalue weighted by Gasteiger charge is -2.23. The summed E-state index contributed by atoms with van der Waals surface area (Å²) in [6.45, 7) is 0. The zero-order valence-electron chi connectivity index (χ0n) is 12.9. The fourth-order valence-corrected chi connectivity index (χ4v) is 3.62. The van der Waals surface area contributed by atoms with Gasteiger partial charge in [-0.2, -0.15) is 0 Å². The molecule has 0 saturated carbocycles. The van der Waals surface area contributed by atoms with E-state index >= 15 is 0 Å². The van der Waals surface area contributed by atoms with Crippen LogP contribution in [-0.2, 0) is 9.59 Å². The van der Waals surface area contributed by atoms with Gasteiger partial charge < -0.3 is 0 Å². The number of Topliss-reactive ketones (excluding diaryl/α,β-unsaturated/α-hetero) is 1. The Hall–Kier alpha value is -3.01. The first-order valence-corrected chi connectivity index (χ1v) is 7.90. The molecule has 0 N–H and O–H groups in total. The molecule has 0 spiro atoms. The number of benzene rings is 2. The number of carbonyl (C=O) groups is 3. The summed E-state index contributed by atoms with van der Waals surface area (Å²) in [5.41, 5.74) is 2.44. The maximum absolute atomic E-state index is 12.9. The zero-order valence-corrected chi connectivity index (χ0v) is 12.9. The predicted octanol–water partition coefficient (Wildman–Crippen LogP) is 3.02. The lowest BCUT2D eigenvalue weighted by Crippen LogP contribution is -2.33. The van der Waals surface area contributed by atoms with Crippen LogP contribution in [0.4, 0.5) is 0 Å². The molecule has 2 amide bonds. The van der Waals surface area contributed by atoms with Crippen LogP contribution in [0.5, 0.6) is 0 Å². The van der Waals surface area contributed by atoms with Gasteiger partial charge in [0.25, 0.3) is 11.8 Å². The highest BCUT2D eigenvalue weighted by atomic mass is 16.2. The molecule has 1 heterocycles. The number of carbonyl (C=O) groups excluding carboxylic acids is 3. The summed E-state index contributed by atoms with van der Waals surface area (Å²) in [5, 5.41) is 0. The van der Waals surface area contributed by atoms with E-state index in [4.69, 9.17) is 0 Å². The molecule has 24 heavy (non-hydrogen) atoms. The molecule has 2 aromatic rings. The second-order valence-electron chi connectivity index (χ2n) is 6.04. The summed E-state index contributed by atoms with van der Waals surface area (Å²) in [6, 6.07) is 16.3. The van der Waals surface area contributed by atoms with Crippen LogP contribution in [0.3, 0.4) is 0 Å². The fourth-order valence-electron chi connectivity index (χ4n) is 3.62. The highest BCUT2D eigenvalue weighted by Gasteiger charge is 2.42. The number of nitrogens with zero attached hydrogens (tertiary/aromatic N) is 1. The minimum Gasteiger partial charge on any atom is -0.293 e. The topological polar surface area (TPSA) is 54.5 Å². The lowest BCUT2D eigenvalue weighted by atomic mass is 9.92. The smallest absolute Gasteiger partial charge is 0.254 e. The number of amides is 2. The molecule has 1 aliphatic carbocycles. The van der Waals surface area contributed by atoms with Crippen molar-refractivity contribution in [3.63, 3.8) is 0 Å². The summed E-state index contributed by atoms with van der Waals surface area (Å²) in [6.07, 6.45) is 3.01. The van der Waals surface area contributed by atoms with Crippen molar-refractivity contribution in [2.24, 2.45) is 0 Å². The molecule has 0 fully saturated rings. The molecule has 4 rings (SSSR count). The second kappa shape index (κ2) is 5.57.